The van der Waals surface area contributed by atoms with Crippen LogP contribution in [0, 0.1) is 11.3 Å². The van der Waals surface area contributed by atoms with E-state index >= 15 is 0 Å². The Morgan fingerprint density at radius 3 is 2.39 bits per heavy atom. The predicted molar refractivity (Wildman–Crippen MR) is 128 cm³/mol. The molecule has 33 heavy (non-hydrogen) atoms. The molecule has 4 rings (SSSR count). The lowest BCUT2D eigenvalue weighted by Gasteiger charge is -2.28. The van der Waals surface area contributed by atoms with Gasteiger partial charge in [-0.2, -0.15) is 9.57 Å². The van der Waals surface area contributed by atoms with E-state index in [-0.39, 0.29) is 23.3 Å². The molecule has 1 fully saturated rings. The molecule has 1 N–H and O–H groups in total. The number of carbonyl (C=O) groups excluding carboxylic acids is 1. The lowest BCUT2D eigenvalue weighted by atomic mass is 10.0. The quantitative estimate of drug-likeness (QED) is 0.576. The highest BCUT2D eigenvalue weighted by molar-refractivity contribution is 7.89. The van der Waals surface area contributed by atoms with Crippen molar-refractivity contribution in [3.63, 3.8) is 0 Å². The lowest BCUT2D eigenvalue weighted by molar-refractivity contribution is -0.125. The van der Waals surface area contributed by atoms with Crippen molar-refractivity contribution in [1.29, 1.82) is 5.26 Å². The normalized spacial score (nSPS) is 15.4. The van der Waals surface area contributed by atoms with E-state index in [0.29, 0.717) is 5.56 Å². The maximum Gasteiger partial charge on any atom is 0.243 e. The third-order valence-corrected chi connectivity index (χ3v) is 8.22. The fourth-order valence-corrected chi connectivity index (χ4v) is 5.71. The third kappa shape index (κ3) is 5.08. The molecule has 0 saturated heterocycles. The first-order valence-corrected chi connectivity index (χ1v) is 12.6. The summed E-state index contributed by atoms with van der Waals surface area (Å²) in [6.45, 7) is 0. The second kappa shape index (κ2) is 9.74. The van der Waals surface area contributed by atoms with Crippen LogP contribution in [0.3, 0.4) is 0 Å². The van der Waals surface area contributed by atoms with Gasteiger partial charge in [-0.1, -0.05) is 55.3 Å². The number of fused-ring (bicyclic) bond motifs is 1. The summed E-state index contributed by atoms with van der Waals surface area (Å²) in [5.41, 5.74) is 1.31. The molecule has 7 heteroatoms. The van der Waals surface area contributed by atoms with Crippen molar-refractivity contribution in [2.45, 2.75) is 49.1 Å². The van der Waals surface area contributed by atoms with Gasteiger partial charge in [0, 0.05) is 13.1 Å². The van der Waals surface area contributed by atoms with Crippen molar-refractivity contribution in [3.8, 4) is 6.07 Å². The Labute approximate surface area is 194 Å². The van der Waals surface area contributed by atoms with Crippen LogP contribution in [0.5, 0.6) is 0 Å². The SMILES string of the molecule is CN([C@@H](Cc1ccc(C#N)cc1)C(=O)NC1CCCC1)S(=O)(=O)c1ccc2ccccc2c1. The summed E-state index contributed by atoms with van der Waals surface area (Å²) < 4.78 is 28.3. The molecule has 1 saturated carbocycles. The van der Waals surface area contributed by atoms with Crippen LogP contribution in [0.4, 0.5) is 0 Å². The van der Waals surface area contributed by atoms with E-state index in [1.54, 1.807) is 42.5 Å². The van der Waals surface area contributed by atoms with Gasteiger partial charge in [-0.3, -0.25) is 4.79 Å². The first-order chi connectivity index (χ1) is 15.9. The van der Waals surface area contributed by atoms with Crippen molar-refractivity contribution in [1.82, 2.24) is 9.62 Å². The molecule has 1 aliphatic rings. The lowest BCUT2D eigenvalue weighted by Crippen LogP contribution is -2.50. The Bertz CT molecular complexity index is 1290. The highest BCUT2D eigenvalue weighted by Gasteiger charge is 2.34. The van der Waals surface area contributed by atoms with Gasteiger partial charge < -0.3 is 5.32 Å². The molecule has 3 aromatic rings. The first-order valence-electron chi connectivity index (χ1n) is 11.1. The minimum Gasteiger partial charge on any atom is -0.352 e. The number of likely N-dealkylation sites (N-methyl/N-ethyl adjacent to an activating group) is 1. The molecular formula is C26H27N3O3S. The van der Waals surface area contributed by atoms with Gasteiger partial charge in [-0.25, -0.2) is 8.42 Å². The molecule has 0 spiro atoms. The monoisotopic (exact) mass is 461 g/mol. The summed E-state index contributed by atoms with van der Waals surface area (Å²) in [5, 5.41) is 13.9. The fraction of sp³-hybridized carbons (Fsp3) is 0.308. The van der Waals surface area contributed by atoms with Gasteiger partial charge in [-0.05, 0) is 59.9 Å². The Kier molecular flexibility index (Phi) is 6.77. The zero-order valence-corrected chi connectivity index (χ0v) is 19.4. The van der Waals surface area contributed by atoms with Crippen LogP contribution in [0.25, 0.3) is 10.8 Å². The molecule has 6 nitrogen and oxygen atoms in total. The Morgan fingerprint density at radius 2 is 1.73 bits per heavy atom. The Morgan fingerprint density at radius 1 is 1.06 bits per heavy atom. The van der Waals surface area contributed by atoms with Crippen LogP contribution in [-0.4, -0.2) is 37.8 Å². The Hall–Kier alpha value is -3.21. The van der Waals surface area contributed by atoms with Crippen molar-refractivity contribution in [2.24, 2.45) is 0 Å². The molecule has 170 valence electrons. The number of nitrogens with one attached hydrogen (secondary N) is 1. The summed E-state index contributed by atoms with van der Waals surface area (Å²) >= 11 is 0. The van der Waals surface area contributed by atoms with Crippen molar-refractivity contribution in [2.75, 3.05) is 7.05 Å². The molecule has 0 radical (unpaired) electrons. The zero-order valence-electron chi connectivity index (χ0n) is 18.6. The van der Waals surface area contributed by atoms with Gasteiger partial charge in [0.05, 0.1) is 16.5 Å². The zero-order chi connectivity index (χ0) is 23.4. The van der Waals surface area contributed by atoms with E-state index in [1.165, 1.54) is 11.4 Å². The standard InChI is InChI=1S/C26H27N3O3S/c1-29(33(31,32)24-15-14-21-6-2-3-7-22(21)17-24)25(26(30)28-23-8-4-5-9-23)16-19-10-12-20(18-27)13-11-19/h2-3,6-7,10-15,17,23,25H,4-5,8-9,16H2,1H3,(H,28,30)/t25-/m0/s1. The fourth-order valence-electron chi connectivity index (χ4n) is 4.35. The van der Waals surface area contributed by atoms with Crippen LogP contribution in [0.2, 0.25) is 0 Å². The topological polar surface area (TPSA) is 90.3 Å². The summed E-state index contributed by atoms with van der Waals surface area (Å²) in [6, 6.07) is 20.7. The molecule has 0 bridgehead atoms. The summed E-state index contributed by atoms with van der Waals surface area (Å²) in [5.74, 6) is -0.293. The van der Waals surface area contributed by atoms with E-state index < -0.39 is 16.1 Å². The highest BCUT2D eigenvalue weighted by atomic mass is 32.2. The second-order valence-corrected chi connectivity index (χ2v) is 10.5. The van der Waals surface area contributed by atoms with Gasteiger partial charge in [-0.15, -0.1) is 0 Å². The molecule has 0 unspecified atom stereocenters. The molecule has 1 aliphatic carbocycles. The number of carbonyl (C=O) groups is 1. The number of nitriles is 1. The molecule has 1 amide bonds. The van der Waals surface area contributed by atoms with Gasteiger partial charge in [0.15, 0.2) is 0 Å². The minimum absolute atomic E-state index is 0.0812. The molecule has 1 atom stereocenters. The summed E-state index contributed by atoms with van der Waals surface area (Å²) in [6.07, 6.45) is 4.17. The van der Waals surface area contributed by atoms with Crippen LogP contribution in [0.15, 0.2) is 71.6 Å². The van der Waals surface area contributed by atoms with Crippen LogP contribution < -0.4 is 5.32 Å². The average Bonchev–Trinajstić information content (AvgIpc) is 3.35. The predicted octanol–water partition coefficient (Wildman–Crippen LogP) is 4.00. The number of rotatable bonds is 7. The number of benzene rings is 3. The van der Waals surface area contributed by atoms with Gasteiger partial charge in [0.25, 0.3) is 0 Å². The number of amides is 1. The van der Waals surface area contributed by atoms with E-state index in [2.05, 4.69) is 11.4 Å². The molecular weight excluding hydrogens is 434 g/mol. The number of hydrogen-bond donors (Lipinski definition) is 1. The van der Waals surface area contributed by atoms with E-state index in [0.717, 1.165) is 42.0 Å². The van der Waals surface area contributed by atoms with Crippen molar-refractivity contribution in [3.05, 3.63) is 77.9 Å². The molecule has 0 aliphatic heterocycles. The second-order valence-electron chi connectivity index (χ2n) is 8.55. The maximum atomic E-state index is 13.6. The van der Waals surface area contributed by atoms with Gasteiger partial charge in [0.1, 0.15) is 6.04 Å². The van der Waals surface area contributed by atoms with E-state index in [4.69, 9.17) is 5.26 Å². The summed E-state index contributed by atoms with van der Waals surface area (Å²) in [4.78, 5) is 13.4. The smallest absolute Gasteiger partial charge is 0.243 e. The van der Waals surface area contributed by atoms with Crippen LogP contribution in [-0.2, 0) is 21.2 Å². The highest BCUT2D eigenvalue weighted by Crippen LogP contribution is 2.24. The maximum absolute atomic E-state index is 13.6. The van der Waals surface area contributed by atoms with Crippen LogP contribution >= 0.6 is 0 Å². The van der Waals surface area contributed by atoms with Gasteiger partial charge in [0.2, 0.25) is 15.9 Å². The minimum atomic E-state index is -3.92. The number of sulfonamides is 1. The van der Waals surface area contributed by atoms with Gasteiger partial charge >= 0.3 is 0 Å². The number of hydrogen-bond acceptors (Lipinski definition) is 4. The van der Waals surface area contributed by atoms with Crippen molar-refractivity contribution >= 4 is 26.7 Å². The molecule has 3 aromatic carbocycles. The Balaban J connectivity index is 1.65. The van der Waals surface area contributed by atoms with Crippen molar-refractivity contribution < 1.29 is 13.2 Å². The van der Waals surface area contributed by atoms with Crippen LogP contribution in [0.1, 0.15) is 36.8 Å². The molecule has 0 heterocycles. The third-order valence-electron chi connectivity index (χ3n) is 6.35. The molecule has 0 aromatic heterocycles. The largest absolute Gasteiger partial charge is 0.352 e. The number of nitrogens with zero attached hydrogens (tertiary/aromatic N) is 2. The average molecular weight is 462 g/mol. The first kappa shape index (κ1) is 23.0. The summed E-state index contributed by atoms with van der Waals surface area (Å²) in [7, 11) is -2.46. The van der Waals surface area contributed by atoms with E-state index in [1.807, 2.05) is 24.3 Å². The van der Waals surface area contributed by atoms with E-state index in [9.17, 15) is 13.2 Å².